The third-order valence-electron chi connectivity index (χ3n) is 8.41. The highest BCUT2D eigenvalue weighted by atomic mass is 16.2. The van der Waals surface area contributed by atoms with Gasteiger partial charge in [-0.1, -0.05) is 65.8 Å². The lowest BCUT2D eigenvalue weighted by Gasteiger charge is -2.34. The molecule has 2 aromatic carbocycles. The van der Waals surface area contributed by atoms with Crippen molar-refractivity contribution in [2.75, 3.05) is 31.6 Å². The Balaban J connectivity index is 1.45. The summed E-state index contributed by atoms with van der Waals surface area (Å²) in [5.41, 5.74) is 4.94. The summed E-state index contributed by atoms with van der Waals surface area (Å²) in [4.78, 5) is 17.2. The minimum absolute atomic E-state index is 0.129. The molecule has 0 spiro atoms. The molecule has 0 aromatic heterocycles. The van der Waals surface area contributed by atoms with Crippen LogP contribution in [0.25, 0.3) is 0 Å². The van der Waals surface area contributed by atoms with Crippen molar-refractivity contribution < 1.29 is 4.79 Å². The van der Waals surface area contributed by atoms with E-state index in [0.29, 0.717) is 17.8 Å². The maximum atomic E-state index is 12.8. The molecular weight excluding hydrogens is 464 g/mol. The van der Waals surface area contributed by atoms with Gasteiger partial charge >= 0.3 is 0 Å². The van der Waals surface area contributed by atoms with E-state index in [9.17, 15) is 4.79 Å². The summed E-state index contributed by atoms with van der Waals surface area (Å²) in [5, 5.41) is 0. The largest absolute Gasteiger partial charge is 0.372 e. The van der Waals surface area contributed by atoms with E-state index < -0.39 is 0 Å². The maximum Gasteiger partial charge on any atom is 0.253 e. The molecule has 3 rings (SSSR count). The van der Waals surface area contributed by atoms with Crippen LogP contribution < -0.4 is 4.90 Å². The lowest BCUT2D eigenvalue weighted by Crippen LogP contribution is -2.34. The summed E-state index contributed by atoms with van der Waals surface area (Å²) in [6, 6.07) is 17.7. The Labute approximate surface area is 234 Å². The van der Waals surface area contributed by atoms with Crippen molar-refractivity contribution in [1.29, 1.82) is 0 Å². The Morgan fingerprint density at radius 3 is 2.11 bits per heavy atom. The number of nitrogens with zero attached hydrogens (tertiary/aromatic N) is 2. The first-order valence-corrected chi connectivity index (χ1v) is 15.3. The highest BCUT2D eigenvalue weighted by molar-refractivity contribution is 5.94. The number of hydrogen-bond donors (Lipinski definition) is 0. The summed E-state index contributed by atoms with van der Waals surface area (Å²) < 4.78 is 0. The van der Waals surface area contributed by atoms with Gasteiger partial charge in [0.25, 0.3) is 5.91 Å². The average molecular weight is 519 g/mol. The third-order valence-corrected chi connectivity index (χ3v) is 8.41. The molecular formula is C35H54N2O. The molecule has 3 nitrogen and oxygen atoms in total. The van der Waals surface area contributed by atoms with E-state index in [0.717, 1.165) is 49.6 Å². The van der Waals surface area contributed by atoms with Crippen LogP contribution in [0.5, 0.6) is 0 Å². The van der Waals surface area contributed by atoms with Gasteiger partial charge in [0.15, 0.2) is 0 Å². The molecule has 2 atom stereocenters. The lowest BCUT2D eigenvalue weighted by molar-refractivity contribution is 0.0791. The van der Waals surface area contributed by atoms with Crippen LogP contribution in [0.15, 0.2) is 48.5 Å². The molecule has 38 heavy (non-hydrogen) atoms. The Morgan fingerprint density at radius 2 is 1.53 bits per heavy atom. The minimum Gasteiger partial charge on any atom is -0.372 e. The Morgan fingerprint density at radius 1 is 0.895 bits per heavy atom. The third kappa shape index (κ3) is 9.47. The molecule has 0 radical (unpaired) electrons. The van der Waals surface area contributed by atoms with Gasteiger partial charge in [-0.25, -0.2) is 0 Å². The van der Waals surface area contributed by atoms with Crippen LogP contribution in [-0.2, 0) is 6.42 Å². The van der Waals surface area contributed by atoms with E-state index in [-0.39, 0.29) is 5.91 Å². The van der Waals surface area contributed by atoms with Gasteiger partial charge in [0, 0.05) is 37.9 Å². The van der Waals surface area contributed by atoms with Gasteiger partial charge in [0.05, 0.1) is 0 Å². The first-order chi connectivity index (χ1) is 18.1. The zero-order valence-electron chi connectivity index (χ0n) is 25.4. The van der Waals surface area contributed by atoms with Crippen molar-refractivity contribution in [3.63, 3.8) is 0 Å². The van der Waals surface area contributed by atoms with E-state index in [4.69, 9.17) is 0 Å². The number of hydrogen-bond acceptors (Lipinski definition) is 2. The van der Waals surface area contributed by atoms with E-state index in [1.54, 1.807) is 0 Å². The van der Waals surface area contributed by atoms with Crippen LogP contribution in [0.3, 0.4) is 0 Å². The quantitative estimate of drug-likeness (QED) is 0.264. The number of rotatable bonds is 13. The molecule has 1 heterocycles. The summed E-state index contributed by atoms with van der Waals surface area (Å²) >= 11 is 0. The fraction of sp³-hybridized carbons (Fsp3) is 0.629. The average Bonchev–Trinajstić information content (AvgIpc) is 2.88. The molecule has 1 aliphatic rings. The first kappa shape index (κ1) is 30.3. The summed E-state index contributed by atoms with van der Waals surface area (Å²) in [6.07, 6.45) is 8.52. The molecule has 2 unspecified atom stereocenters. The Bertz CT molecular complexity index is 954. The Kier molecular flexibility index (Phi) is 11.7. The van der Waals surface area contributed by atoms with Crippen molar-refractivity contribution in [3.05, 3.63) is 65.2 Å². The van der Waals surface area contributed by atoms with Gasteiger partial charge in [0.2, 0.25) is 0 Å². The fourth-order valence-electron chi connectivity index (χ4n) is 6.17. The van der Waals surface area contributed by atoms with Crippen molar-refractivity contribution >= 4 is 11.6 Å². The second-order valence-electron chi connectivity index (χ2n) is 13.1. The van der Waals surface area contributed by atoms with Crippen molar-refractivity contribution in [2.45, 2.75) is 92.4 Å². The van der Waals surface area contributed by atoms with Crippen LogP contribution in [-0.4, -0.2) is 37.5 Å². The van der Waals surface area contributed by atoms with Crippen LogP contribution in [0, 0.1) is 23.7 Å². The SMILES string of the molecule is CC(C)CCCN(C)C(=O)c1ccc(C(C)CC(C)Cc2ccc(N3CCC(CC(C)C)CC3)cc2)cc1. The van der Waals surface area contributed by atoms with E-state index in [2.05, 4.69) is 82.8 Å². The first-order valence-electron chi connectivity index (χ1n) is 15.3. The summed E-state index contributed by atoms with van der Waals surface area (Å²) in [7, 11) is 1.92. The van der Waals surface area contributed by atoms with Gasteiger partial charge in [-0.2, -0.15) is 0 Å². The fourth-order valence-corrected chi connectivity index (χ4v) is 6.17. The summed E-state index contributed by atoms with van der Waals surface area (Å²) in [6.45, 7) is 17.1. The Hall–Kier alpha value is -2.29. The summed E-state index contributed by atoms with van der Waals surface area (Å²) in [5.74, 6) is 3.62. The number of anilines is 1. The molecule has 0 aliphatic carbocycles. The standard InChI is InChI=1S/C35H54N2O/c1-26(2)9-8-20-36(7)35(38)33-14-12-32(13-15-33)29(6)24-28(5)25-30-10-16-34(17-11-30)37-21-18-31(19-22-37)23-27(3)4/h10-17,26-29,31H,8-9,18-25H2,1-7H3. The molecule has 0 N–H and O–H groups in total. The molecule has 0 bridgehead atoms. The second kappa shape index (κ2) is 14.8. The van der Waals surface area contributed by atoms with Crippen molar-refractivity contribution in [1.82, 2.24) is 4.90 Å². The predicted molar refractivity (Wildman–Crippen MR) is 164 cm³/mol. The van der Waals surface area contributed by atoms with E-state index >= 15 is 0 Å². The maximum absolute atomic E-state index is 12.8. The predicted octanol–water partition coefficient (Wildman–Crippen LogP) is 8.83. The van der Waals surface area contributed by atoms with Crippen molar-refractivity contribution in [2.24, 2.45) is 23.7 Å². The molecule has 1 aliphatic heterocycles. The van der Waals surface area contributed by atoms with E-state index in [1.807, 2.05) is 24.1 Å². The van der Waals surface area contributed by atoms with Crippen molar-refractivity contribution in [3.8, 4) is 0 Å². The zero-order valence-corrected chi connectivity index (χ0v) is 25.4. The van der Waals surface area contributed by atoms with Gasteiger partial charge < -0.3 is 9.80 Å². The number of piperidine rings is 1. The van der Waals surface area contributed by atoms with Crippen LogP contribution >= 0.6 is 0 Å². The highest BCUT2D eigenvalue weighted by Crippen LogP contribution is 2.29. The monoisotopic (exact) mass is 518 g/mol. The number of amides is 1. The van der Waals surface area contributed by atoms with Gasteiger partial charge in [-0.3, -0.25) is 4.79 Å². The highest BCUT2D eigenvalue weighted by Gasteiger charge is 2.20. The molecule has 1 fully saturated rings. The zero-order chi connectivity index (χ0) is 27.7. The minimum atomic E-state index is 0.129. The van der Waals surface area contributed by atoms with Crippen LogP contribution in [0.4, 0.5) is 5.69 Å². The van der Waals surface area contributed by atoms with Gasteiger partial charge in [0.1, 0.15) is 0 Å². The molecule has 210 valence electrons. The molecule has 0 saturated carbocycles. The molecule has 1 amide bonds. The number of carbonyl (C=O) groups excluding carboxylic acids is 1. The number of benzene rings is 2. The smallest absolute Gasteiger partial charge is 0.253 e. The topological polar surface area (TPSA) is 23.6 Å². The van der Waals surface area contributed by atoms with E-state index in [1.165, 1.54) is 49.2 Å². The van der Waals surface area contributed by atoms with Crippen LogP contribution in [0.2, 0.25) is 0 Å². The van der Waals surface area contributed by atoms with Gasteiger partial charge in [-0.05, 0) is 110 Å². The normalized spacial score (nSPS) is 16.2. The number of carbonyl (C=O) groups is 1. The van der Waals surface area contributed by atoms with Gasteiger partial charge in [-0.15, -0.1) is 0 Å². The molecule has 2 aromatic rings. The molecule has 1 saturated heterocycles. The second-order valence-corrected chi connectivity index (χ2v) is 13.1. The van der Waals surface area contributed by atoms with Crippen LogP contribution in [0.1, 0.15) is 107 Å². The molecule has 3 heteroatoms. The lowest BCUT2D eigenvalue weighted by atomic mass is 9.87.